The molecule has 0 radical (unpaired) electrons. The van der Waals surface area contributed by atoms with Crippen LogP contribution in [0.3, 0.4) is 0 Å². The minimum Gasteiger partial charge on any atom is -0.480 e. The van der Waals surface area contributed by atoms with Gasteiger partial charge in [0.15, 0.2) is 0 Å². The van der Waals surface area contributed by atoms with Crippen LogP contribution >= 0.6 is 24.4 Å². The molecule has 0 aliphatic heterocycles. The van der Waals surface area contributed by atoms with Crippen molar-refractivity contribution in [3.05, 3.63) is 0 Å². The summed E-state index contributed by atoms with van der Waals surface area (Å²) in [6.07, 6.45) is 5.15. The summed E-state index contributed by atoms with van der Waals surface area (Å²) in [4.78, 5) is 49.6. The molecule has 11 nitrogen and oxygen atoms in total. The van der Waals surface area contributed by atoms with Crippen molar-refractivity contribution in [2.75, 3.05) is 30.9 Å². The second-order valence-electron chi connectivity index (χ2n) is 7.66. The van der Waals surface area contributed by atoms with Gasteiger partial charge in [0.25, 0.3) is 0 Å². The van der Waals surface area contributed by atoms with Gasteiger partial charge in [-0.15, -0.1) is 0 Å². The van der Waals surface area contributed by atoms with Gasteiger partial charge in [-0.05, 0) is 70.0 Å². The number of hydrogen-bond donors (Lipinski definition) is 8. The molecular weight excluding hydrogens is 468 g/mol. The number of thioether (sulfide) groups is 1. The number of nitrogens with two attached hydrogens (primary N) is 3. The predicted octanol–water partition coefficient (Wildman–Crippen LogP) is -1.21. The molecule has 3 amide bonds. The molecule has 13 heteroatoms. The number of nitrogens with one attached hydrogen (secondary N) is 3. The Morgan fingerprint density at radius 1 is 0.818 bits per heavy atom. The Balaban J connectivity index is 5.41. The van der Waals surface area contributed by atoms with Gasteiger partial charge in [0, 0.05) is 5.75 Å². The van der Waals surface area contributed by atoms with Crippen molar-refractivity contribution in [2.24, 2.45) is 17.2 Å². The number of carboxylic acids is 1. The van der Waals surface area contributed by atoms with E-state index in [0.29, 0.717) is 50.9 Å². The third-order valence-corrected chi connectivity index (χ3v) is 5.96. The fraction of sp³-hybridized carbons (Fsp3) is 0.800. The van der Waals surface area contributed by atoms with Crippen LogP contribution in [0.1, 0.15) is 44.9 Å². The first kappa shape index (κ1) is 31.5. The van der Waals surface area contributed by atoms with Crippen molar-refractivity contribution in [1.29, 1.82) is 0 Å². The topological polar surface area (TPSA) is 203 Å². The maximum absolute atomic E-state index is 13.0. The summed E-state index contributed by atoms with van der Waals surface area (Å²) in [6.45, 7) is 0.863. The van der Waals surface area contributed by atoms with E-state index in [1.807, 2.05) is 6.26 Å². The highest BCUT2D eigenvalue weighted by Crippen LogP contribution is 2.07. The zero-order chi connectivity index (χ0) is 25.2. The molecule has 0 aliphatic rings. The highest BCUT2D eigenvalue weighted by molar-refractivity contribution is 7.98. The molecule has 0 aromatic rings. The van der Waals surface area contributed by atoms with E-state index in [1.54, 1.807) is 0 Å². The fourth-order valence-electron chi connectivity index (χ4n) is 2.92. The first-order chi connectivity index (χ1) is 15.7. The number of thiol groups is 1. The molecule has 192 valence electrons. The third kappa shape index (κ3) is 13.7. The maximum atomic E-state index is 13.0. The number of carbonyl (C=O) groups excluding carboxylic acids is 3. The molecule has 0 rings (SSSR count). The number of rotatable bonds is 19. The Kier molecular flexibility index (Phi) is 18.0. The van der Waals surface area contributed by atoms with E-state index < -0.39 is 47.9 Å². The average molecular weight is 509 g/mol. The van der Waals surface area contributed by atoms with Gasteiger partial charge in [0.1, 0.15) is 18.1 Å². The lowest BCUT2D eigenvalue weighted by Gasteiger charge is -2.25. The molecular formula is C20H40N6O5S2. The number of aliphatic carboxylic acids is 1. The zero-order valence-electron chi connectivity index (χ0n) is 19.3. The SMILES string of the molecule is CSCCC(NC(=O)C(CCCCN)NC(=O)C(CCCCN)NC(=O)C(N)CS)C(=O)O. The van der Waals surface area contributed by atoms with Crippen molar-refractivity contribution in [3.63, 3.8) is 0 Å². The number of unbranched alkanes of at least 4 members (excludes halogenated alkanes) is 2. The van der Waals surface area contributed by atoms with Gasteiger partial charge in [-0.3, -0.25) is 14.4 Å². The molecule has 0 spiro atoms. The van der Waals surface area contributed by atoms with Crippen LogP contribution in [0.2, 0.25) is 0 Å². The Morgan fingerprint density at radius 2 is 1.27 bits per heavy atom. The molecule has 33 heavy (non-hydrogen) atoms. The Labute approximate surface area is 205 Å². The number of carboxylic acid groups (broad SMARTS) is 1. The lowest BCUT2D eigenvalue weighted by molar-refractivity contribution is -0.142. The summed E-state index contributed by atoms with van der Waals surface area (Å²) in [7, 11) is 0. The van der Waals surface area contributed by atoms with Crippen molar-refractivity contribution in [3.8, 4) is 0 Å². The molecule has 0 saturated heterocycles. The largest absolute Gasteiger partial charge is 0.480 e. The predicted molar refractivity (Wildman–Crippen MR) is 134 cm³/mol. The number of amides is 3. The van der Waals surface area contributed by atoms with Crippen LogP contribution in [0.5, 0.6) is 0 Å². The van der Waals surface area contributed by atoms with Crippen molar-refractivity contribution in [1.82, 2.24) is 16.0 Å². The monoisotopic (exact) mass is 508 g/mol. The zero-order valence-corrected chi connectivity index (χ0v) is 21.0. The standard InChI is InChI=1S/C20H40N6O5S2/c1-33-11-8-16(20(30)31)26-19(29)15(7-3-5-10-22)25-18(28)14(6-2-4-9-21)24-17(27)13(23)12-32/h13-16,32H,2-12,21-23H2,1H3,(H,24,27)(H,25,28)(H,26,29)(H,30,31). The first-order valence-electron chi connectivity index (χ1n) is 11.1. The van der Waals surface area contributed by atoms with E-state index in [0.717, 1.165) is 0 Å². The van der Waals surface area contributed by atoms with Crippen LogP contribution in [0.15, 0.2) is 0 Å². The van der Waals surface area contributed by atoms with Crippen molar-refractivity contribution >= 4 is 48.1 Å². The summed E-state index contributed by atoms with van der Waals surface area (Å²) in [5.74, 6) is -2.13. The van der Waals surface area contributed by atoms with Gasteiger partial charge >= 0.3 is 5.97 Å². The molecule has 0 heterocycles. The van der Waals surface area contributed by atoms with Crippen molar-refractivity contribution in [2.45, 2.75) is 69.1 Å². The lowest BCUT2D eigenvalue weighted by Crippen LogP contribution is -2.57. The van der Waals surface area contributed by atoms with Crippen LogP contribution in [-0.2, 0) is 19.2 Å². The van der Waals surface area contributed by atoms with Crippen LogP contribution in [0.4, 0.5) is 0 Å². The van der Waals surface area contributed by atoms with E-state index >= 15 is 0 Å². The van der Waals surface area contributed by atoms with Gasteiger partial charge in [0.2, 0.25) is 17.7 Å². The van der Waals surface area contributed by atoms with Gasteiger partial charge in [-0.25, -0.2) is 4.79 Å². The van der Waals surface area contributed by atoms with Crippen LogP contribution in [-0.4, -0.2) is 83.8 Å². The molecule has 0 aromatic heterocycles. The molecule has 4 atom stereocenters. The molecule has 0 aromatic carbocycles. The molecule has 0 saturated carbocycles. The summed E-state index contributed by atoms with van der Waals surface area (Å²) in [5.41, 5.74) is 16.8. The first-order valence-corrected chi connectivity index (χ1v) is 13.1. The Morgan fingerprint density at radius 3 is 1.67 bits per heavy atom. The van der Waals surface area contributed by atoms with Crippen LogP contribution in [0, 0.1) is 0 Å². The summed E-state index contributed by atoms with van der Waals surface area (Å²) < 4.78 is 0. The Bertz CT molecular complexity index is 613. The van der Waals surface area contributed by atoms with E-state index in [4.69, 9.17) is 17.2 Å². The Hall–Kier alpha value is -1.54. The summed E-state index contributed by atoms with van der Waals surface area (Å²) in [6, 6.07) is -3.82. The smallest absolute Gasteiger partial charge is 0.326 e. The normalized spacial score (nSPS) is 14.6. The van der Waals surface area contributed by atoms with Gasteiger partial charge < -0.3 is 38.3 Å². The lowest BCUT2D eigenvalue weighted by atomic mass is 10.0. The molecule has 0 fully saturated rings. The van der Waals surface area contributed by atoms with E-state index in [2.05, 4.69) is 28.6 Å². The highest BCUT2D eigenvalue weighted by Gasteiger charge is 2.29. The van der Waals surface area contributed by atoms with Crippen molar-refractivity contribution < 1.29 is 24.3 Å². The molecule has 0 aliphatic carbocycles. The van der Waals surface area contributed by atoms with Gasteiger partial charge in [-0.2, -0.15) is 24.4 Å². The van der Waals surface area contributed by atoms with Crippen LogP contribution < -0.4 is 33.2 Å². The van der Waals surface area contributed by atoms with Gasteiger partial charge in [0.05, 0.1) is 6.04 Å². The van der Waals surface area contributed by atoms with E-state index in [1.165, 1.54) is 11.8 Å². The van der Waals surface area contributed by atoms with E-state index in [9.17, 15) is 24.3 Å². The molecule has 4 unspecified atom stereocenters. The second-order valence-corrected chi connectivity index (χ2v) is 9.01. The minimum atomic E-state index is -1.14. The maximum Gasteiger partial charge on any atom is 0.326 e. The number of hydrogen-bond acceptors (Lipinski definition) is 9. The third-order valence-electron chi connectivity index (χ3n) is 4.92. The summed E-state index contributed by atoms with van der Waals surface area (Å²) in [5, 5.41) is 17.2. The number of carbonyl (C=O) groups is 4. The minimum absolute atomic E-state index is 0.111. The molecule has 10 N–H and O–H groups in total. The summed E-state index contributed by atoms with van der Waals surface area (Å²) >= 11 is 5.47. The highest BCUT2D eigenvalue weighted by atomic mass is 32.2. The average Bonchev–Trinajstić information content (AvgIpc) is 2.79. The van der Waals surface area contributed by atoms with Crippen LogP contribution in [0.25, 0.3) is 0 Å². The molecule has 0 bridgehead atoms. The second kappa shape index (κ2) is 18.8. The quantitative estimate of drug-likeness (QED) is 0.0778. The van der Waals surface area contributed by atoms with Gasteiger partial charge in [-0.1, -0.05) is 0 Å². The fourth-order valence-corrected chi connectivity index (χ4v) is 3.56. The van der Waals surface area contributed by atoms with E-state index in [-0.39, 0.29) is 18.6 Å².